The molecule has 0 amide bonds. The molecule has 2 rings (SSSR count). The lowest BCUT2D eigenvalue weighted by Crippen LogP contribution is -2.13. The minimum Gasteiger partial charge on any atom is -0.280 e. The standard InChI is InChI=1S/C14H19N3O2S/c1-4-5-12-9-14(16-15-12)17-20(18,19)13-7-10(2)6-11(3)8-13/h6-9H,4-5H2,1-3H3,(H2,15,16,17). The summed E-state index contributed by atoms with van der Waals surface area (Å²) in [6, 6.07) is 6.96. The van der Waals surface area contributed by atoms with Crippen molar-refractivity contribution in [3.05, 3.63) is 41.1 Å². The quantitative estimate of drug-likeness (QED) is 0.890. The summed E-state index contributed by atoms with van der Waals surface area (Å²) < 4.78 is 27.1. The number of hydrogen-bond donors (Lipinski definition) is 2. The van der Waals surface area contributed by atoms with Gasteiger partial charge in [0.1, 0.15) is 0 Å². The number of aryl methyl sites for hydroxylation is 3. The second kappa shape index (κ2) is 5.66. The van der Waals surface area contributed by atoms with E-state index in [1.165, 1.54) is 0 Å². The predicted octanol–water partition coefficient (Wildman–Crippen LogP) is 2.78. The molecule has 0 aliphatic heterocycles. The number of aromatic nitrogens is 2. The number of aromatic amines is 1. The van der Waals surface area contributed by atoms with Crippen molar-refractivity contribution in [3.8, 4) is 0 Å². The normalized spacial score (nSPS) is 11.6. The summed E-state index contributed by atoms with van der Waals surface area (Å²) in [6.45, 7) is 5.81. The zero-order chi connectivity index (χ0) is 14.8. The van der Waals surface area contributed by atoms with E-state index in [0.717, 1.165) is 29.7 Å². The largest absolute Gasteiger partial charge is 0.280 e. The van der Waals surface area contributed by atoms with E-state index in [4.69, 9.17) is 0 Å². The van der Waals surface area contributed by atoms with Crippen LogP contribution in [0.5, 0.6) is 0 Å². The molecule has 0 bridgehead atoms. The van der Waals surface area contributed by atoms with Crippen molar-refractivity contribution in [2.75, 3.05) is 4.72 Å². The smallest absolute Gasteiger partial charge is 0.263 e. The maximum atomic E-state index is 12.3. The Hall–Kier alpha value is -1.82. The third kappa shape index (κ3) is 3.39. The van der Waals surface area contributed by atoms with E-state index in [-0.39, 0.29) is 4.90 Å². The van der Waals surface area contributed by atoms with Crippen LogP contribution in [0.1, 0.15) is 30.2 Å². The van der Waals surface area contributed by atoms with Crippen LogP contribution in [0.2, 0.25) is 0 Å². The summed E-state index contributed by atoms with van der Waals surface area (Å²) in [7, 11) is -3.59. The molecule has 0 fully saturated rings. The van der Waals surface area contributed by atoms with Crippen LogP contribution in [0, 0.1) is 13.8 Å². The highest BCUT2D eigenvalue weighted by Crippen LogP contribution is 2.18. The lowest BCUT2D eigenvalue weighted by atomic mass is 10.2. The Bertz CT molecular complexity index is 685. The molecular formula is C14H19N3O2S. The first-order chi connectivity index (χ1) is 9.40. The number of anilines is 1. The van der Waals surface area contributed by atoms with Gasteiger partial charge in [-0.05, 0) is 43.5 Å². The average molecular weight is 293 g/mol. The molecule has 108 valence electrons. The van der Waals surface area contributed by atoms with Crippen molar-refractivity contribution in [1.82, 2.24) is 10.2 Å². The number of sulfonamides is 1. The number of H-pyrrole nitrogens is 1. The number of nitrogens with one attached hydrogen (secondary N) is 2. The van der Waals surface area contributed by atoms with Crippen LogP contribution in [-0.4, -0.2) is 18.6 Å². The number of nitrogens with zero attached hydrogens (tertiary/aromatic N) is 1. The summed E-state index contributed by atoms with van der Waals surface area (Å²) in [5.74, 6) is 0.326. The van der Waals surface area contributed by atoms with Crippen molar-refractivity contribution in [3.63, 3.8) is 0 Å². The number of hydrogen-bond acceptors (Lipinski definition) is 3. The molecule has 5 nitrogen and oxygen atoms in total. The molecule has 1 aromatic carbocycles. The van der Waals surface area contributed by atoms with E-state index in [1.807, 2.05) is 19.9 Å². The summed E-state index contributed by atoms with van der Waals surface area (Å²) in [5, 5.41) is 6.80. The molecule has 2 N–H and O–H groups in total. The van der Waals surface area contributed by atoms with Crippen LogP contribution in [0.3, 0.4) is 0 Å². The topological polar surface area (TPSA) is 74.8 Å². The van der Waals surface area contributed by atoms with Gasteiger partial charge in [-0.1, -0.05) is 19.4 Å². The SMILES string of the molecule is CCCc1cc(NS(=O)(=O)c2cc(C)cc(C)c2)n[nH]1. The Morgan fingerprint density at radius 2 is 1.80 bits per heavy atom. The molecule has 0 saturated carbocycles. The second-order valence-electron chi connectivity index (χ2n) is 4.96. The number of rotatable bonds is 5. The van der Waals surface area contributed by atoms with Gasteiger partial charge >= 0.3 is 0 Å². The van der Waals surface area contributed by atoms with Crippen molar-refractivity contribution >= 4 is 15.8 Å². The molecule has 2 aromatic rings. The Kier molecular flexibility index (Phi) is 4.13. The maximum absolute atomic E-state index is 12.3. The van der Waals surface area contributed by atoms with Crippen molar-refractivity contribution in [2.45, 2.75) is 38.5 Å². The Labute approximate surface area is 119 Å². The molecule has 6 heteroatoms. The third-order valence-electron chi connectivity index (χ3n) is 2.89. The molecule has 0 unspecified atom stereocenters. The van der Waals surface area contributed by atoms with Gasteiger partial charge in [0, 0.05) is 11.8 Å². The van der Waals surface area contributed by atoms with Gasteiger partial charge < -0.3 is 0 Å². The monoisotopic (exact) mass is 293 g/mol. The lowest BCUT2D eigenvalue weighted by molar-refractivity contribution is 0.601. The molecule has 0 spiro atoms. The fourth-order valence-electron chi connectivity index (χ4n) is 2.10. The van der Waals surface area contributed by atoms with Crippen molar-refractivity contribution in [1.29, 1.82) is 0 Å². The predicted molar refractivity (Wildman–Crippen MR) is 79.3 cm³/mol. The minimum atomic E-state index is -3.59. The zero-order valence-electron chi connectivity index (χ0n) is 11.9. The van der Waals surface area contributed by atoms with Gasteiger partial charge in [0.2, 0.25) is 0 Å². The first-order valence-corrected chi connectivity index (χ1v) is 8.04. The van der Waals surface area contributed by atoms with Gasteiger partial charge in [-0.3, -0.25) is 9.82 Å². The second-order valence-corrected chi connectivity index (χ2v) is 6.64. The zero-order valence-corrected chi connectivity index (χ0v) is 12.7. The highest BCUT2D eigenvalue weighted by molar-refractivity contribution is 7.92. The Balaban J connectivity index is 2.25. The first-order valence-electron chi connectivity index (χ1n) is 6.56. The Morgan fingerprint density at radius 1 is 1.15 bits per heavy atom. The lowest BCUT2D eigenvalue weighted by Gasteiger charge is -2.07. The molecule has 0 aliphatic rings. The van der Waals surface area contributed by atoms with Crippen LogP contribution >= 0.6 is 0 Å². The van der Waals surface area contributed by atoms with Gasteiger partial charge in [-0.25, -0.2) is 8.42 Å². The van der Waals surface area contributed by atoms with Gasteiger partial charge in [0.25, 0.3) is 10.0 Å². The summed E-state index contributed by atoms with van der Waals surface area (Å²) >= 11 is 0. The van der Waals surface area contributed by atoms with E-state index >= 15 is 0 Å². The molecule has 1 heterocycles. The highest BCUT2D eigenvalue weighted by atomic mass is 32.2. The van der Waals surface area contributed by atoms with E-state index in [1.54, 1.807) is 18.2 Å². The highest BCUT2D eigenvalue weighted by Gasteiger charge is 2.16. The molecule has 0 atom stereocenters. The van der Waals surface area contributed by atoms with Gasteiger partial charge in [0.15, 0.2) is 5.82 Å². The summed E-state index contributed by atoms with van der Waals surface area (Å²) in [5.41, 5.74) is 2.75. The minimum absolute atomic E-state index is 0.259. The van der Waals surface area contributed by atoms with E-state index in [2.05, 4.69) is 21.8 Å². The van der Waals surface area contributed by atoms with Crippen LogP contribution in [0.25, 0.3) is 0 Å². The fourth-order valence-corrected chi connectivity index (χ4v) is 3.28. The molecule has 0 saturated heterocycles. The molecule has 0 aliphatic carbocycles. The first kappa shape index (κ1) is 14.6. The molecule has 0 radical (unpaired) electrons. The summed E-state index contributed by atoms with van der Waals surface area (Å²) in [4.78, 5) is 0.259. The van der Waals surface area contributed by atoms with Crippen molar-refractivity contribution < 1.29 is 8.42 Å². The average Bonchev–Trinajstić information content (AvgIpc) is 2.75. The number of benzene rings is 1. The maximum Gasteiger partial charge on any atom is 0.263 e. The third-order valence-corrected chi connectivity index (χ3v) is 4.23. The van der Waals surface area contributed by atoms with Crippen molar-refractivity contribution in [2.24, 2.45) is 0 Å². The van der Waals surface area contributed by atoms with Gasteiger partial charge in [0.05, 0.1) is 4.90 Å². The molecule has 20 heavy (non-hydrogen) atoms. The Morgan fingerprint density at radius 3 is 2.40 bits per heavy atom. The summed E-state index contributed by atoms with van der Waals surface area (Å²) in [6.07, 6.45) is 1.82. The molecular weight excluding hydrogens is 274 g/mol. The fraction of sp³-hybridized carbons (Fsp3) is 0.357. The van der Waals surface area contributed by atoms with E-state index in [0.29, 0.717) is 5.82 Å². The van der Waals surface area contributed by atoms with Crippen LogP contribution in [0.4, 0.5) is 5.82 Å². The van der Waals surface area contributed by atoms with Crippen LogP contribution in [-0.2, 0) is 16.4 Å². The van der Waals surface area contributed by atoms with Crippen LogP contribution in [0.15, 0.2) is 29.2 Å². The van der Waals surface area contributed by atoms with Gasteiger partial charge in [-0.15, -0.1) is 0 Å². The van der Waals surface area contributed by atoms with E-state index in [9.17, 15) is 8.42 Å². The van der Waals surface area contributed by atoms with Gasteiger partial charge in [-0.2, -0.15) is 5.10 Å². The van der Waals surface area contributed by atoms with Crippen LogP contribution < -0.4 is 4.72 Å². The van der Waals surface area contributed by atoms with E-state index < -0.39 is 10.0 Å². The molecule has 1 aromatic heterocycles.